The highest BCUT2D eigenvalue weighted by Gasteiger charge is 2.51. The summed E-state index contributed by atoms with van der Waals surface area (Å²) in [4.78, 5) is 15.5. The van der Waals surface area contributed by atoms with Crippen molar-refractivity contribution in [2.24, 2.45) is 33.4 Å². The van der Waals surface area contributed by atoms with E-state index in [2.05, 4.69) is 15.2 Å². The van der Waals surface area contributed by atoms with Crippen LogP contribution in [0.5, 0.6) is 5.88 Å². The lowest BCUT2D eigenvalue weighted by Crippen LogP contribution is -2.46. The normalized spacial score (nSPS) is 32.7. The molecule has 0 unspecified atom stereocenters. The zero-order valence-corrected chi connectivity index (χ0v) is 15.2. The number of carbonyl (C=O) groups is 1. The standard InChI is InChI=1S/C21H25N3O2/c1-12-3-2-4-16-18(12)22-20(26)19(16)24-23-17(25)11-21-8-13-5-14(9-21)7-15(6-13)10-21/h2-4,13-15,22,26H,5-11H2,1H3. The average Bonchev–Trinajstić information content (AvgIpc) is 2.88. The Bertz CT molecular complexity index is 876. The number of H-pyrrole nitrogens is 1. The zero-order valence-electron chi connectivity index (χ0n) is 15.2. The Hall–Kier alpha value is -2.17. The molecule has 0 saturated heterocycles. The van der Waals surface area contributed by atoms with Crippen molar-refractivity contribution in [3.05, 3.63) is 23.8 Å². The molecule has 0 radical (unpaired) electrons. The van der Waals surface area contributed by atoms with Crippen LogP contribution in [0.1, 0.15) is 50.5 Å². The molecule has 4 fully saturated rings. The van der Waals surface area contributed by atoms with Crippen molar-refractivity contribution in [1.82, 2.24) is 4.98 Å². The van der Waals surface area contributed by atoms with Crippen LogP contribution in [0.4, 0.5) is 5.69 Å². The van der Waals surface area contributed by atoms with Crippen LogP contribution in [0.25, 0.3) is 10.9 Å². The number of aromatic hydroxyl groups is 1. The number of aromatic amines is 1. The number of azo groups is 1. The van der Waals surface area contributed by atoms with Crippen molar-refractivity contribution < 1.29 is 9.90 Å². The van der Waals surface area contributed by atoms with Gasteiger partial charge in [0.25, 0.3) is 5.91 Å². The predicted molar refractivity (Wildman–Crippen MR) is 99.4 cm³/mol. The van der Waals surface area contributed by atoms with Gasteiger partial charge in [-0.25, -0.2) is 0 Å². The largest absolute Gasteiger partial charge is 0.493 e. The number of fused-ring (bicyclic) bond motifs is 1. The predicted octanol–water partition coefficient (Wildman–Crippen LogP) is 5.40. The Morgan fingerprint density at radius 3 is 2.50 bits per heavy atom. The van der Waals surface area contributed by atoms with E-state index in [-0.39, 0.29) is 17.2 Å². The van der Waals surface area contributed by atoms with Crippen LogP contribution in [0.3, 0.4) is 0 Å². The second kappa shape index (κ2) is 5.66. The van der Waals surface area contributed by atoms with Crippen LogP contribution in [-0.2, 0) is 4.79 Å². The van der Waals surface area contributed by atoms with Gasteiger partial charge in [0.05, 0.1) is 5.52 Å². The molecule has 5 heteroatoms. The van der Waals surface area contributed by atoms with E-state index in [9.17, 15) is 9.90 Å². The molecule has 26 heavy (non-hydrogen) atoms. The van der Waals surface area contributed by atoms with Crippen LogP contribution < -0.4 is 0 Å². The average molecular weight is 351 g/mol. The number of nitrogens with one attached hydrogen (secondary N) is 1. The van der Waals surface area contributed by atoms with Gasteiger partial charge in [-0.1, -0.05) is 18.2 Å². The summed E-state index contributed by atoms with van der Waals surface area (Å²) >= 11 is 0. The lowest BCUT2D eigenvalue weighted by atomic mass is 9.49. The van der Waals surface area contributed by atoms with E-state index in [1.54, 1.807) is 0 Å². The van der Waals surface area contributed by atoms with Gasteiger partial charge in [0.2, 0.25) is 5.88 Å². The van der Waals surface area contributed by atoms with Gasteiger partial charge in [-0.05, 0) is 74.2 Å². The highest BCUT2D eigenvalue weighted by atomic mass is 16.3. The molecule has 2 aromatic rings. The fraction of sp³-hybridized carbons (Fsp3) is 0.571. The van der Waals surface area contributed by atoms with Crippen LogP contribution in [0.15, 0.2) is 28.4 Å². The summed E-state index contributed by atoms with van der Waals surface area (Å²) in [5, 5.41) is 19.1. The van der Waals surface area contributed by atoms with Crippen molar-refractivity contribution in [3.8, 4) is 5.88 Å². The van der Waals surface area contributed by atoms with Gasteiger partial charge in [-0.2, -0.15) is 0 Å². The quantitative estimate of drug-likeness (QED) is 0.726. The summed E-state index contributed by atoms with van der Waals surface area (Å²) in [6.07, 6.45) is 8.21. The smallest absolute Gasteiger partial charge is 0.265 e. The maximum atomic E-state index is 12.6. The molecule has 0 spiro atoms. The lowest BCUT2D eigenvalue weighted by Gasteiger charge is -2.56. The van der Waals surface area contributed by atoms with Gasteiger partial charge in [0.1, 0.15) is 0 Å². The minimum absolute atomic E-state index is 0.0272. The van der Waals surface area contributed by atoms with Crippen molar-refractivity contribution in [3.63, 3.8) is 0 Å². The number of benzene rings is 1. The van der Waals surface area contributed by atoms with Crippen LogP contribution in [0, 0.1) is 30.1 Å². The van der Waals surface area contributed by atoms with Crippen molar-refractivity contribution in [1.29, 1.82) is 0 Å². The Kier molecular flexibility index (Phi) is 3.49. The molecular weight excluding hydrogens is 326 g/mol. The fourth-order valence-corrected chi connectivity index (χ4v) is 6.41. The molecule has 4 aliphatic rings. The van der Waals surface area contributed by atoms with Gasteiger partial charge in [-0.15, -0.1) is 10.2 Å². The first-order valence-electron chi connectivity index (χ1n) is 9.76. The molecule has 1 amide bonds. The molecule has 4 bridgehead atoms. The maximum absolute atomic E-state index is 12.6. The van der Waals surface area contributed by atoms with E-state index >= 15 is 0 Å². The highest BCUT2D eigenvalue weighted by Crippen LogP contribution is 2.61. The highest BCUT2D eigenvalue weighted by molar-refractivity contribution is 5.96. The number of nitrogens with zero attached hydrogens (tertiary/aromatic N) is 2. The van der Waals surface area contributed by atoms with Crippen LogP contribution >= 0.6 is 0 Å². The third kappa shape index (κ3) is 2.56. The Morgan fingerprint density at radius 1 is 1.19 bits per heavy atom. The number of aromatic nitrogens is 1. The van der Waals surface area contributed by atoms with E-state index < -0.39 is 0 Å². The summed E-state index contributed by atoms with van der Waals surface area (Å²) in [6.45, 7) is 1.97. The maximum Gasteiger partial charge on any atom is 0.265 e. The molecule has 0 atom stereocenters. The van der Waals surface area contributed by atoms with Crippen molar-refractivity contribution in [2.45, 2.75) is 51.9 Å². The van der Waals surface area contributed by atoms with Gasteiger partial charge in [0, 0.05) is 11.8 Å². The van der Waals surface area contributed by atoms with Crippen LogP contribution in [0.2, 0.25) is 0 Å². The van der Waals surface area contributed by atoms with E-state index in [1.165, 1.54) is 38.5 Å². The molecule has 2 N–H and O–H groups in total. The van der Waals surface area contributed by atoms with E-state index in [0.29, 0.717) is 12.1 Å². The first-order valence-corrected chi connectivity index (χ1v) is 9.76. The minimum Gasteiger partial charge on any atom is -0.493 e. The molecule has 1 aromatic carbocycles. The van der Waals surface area contributed by atoms with Gasteiger partial charge >= 0.3 is 0 Å². The molecule has 5 nitrogen and oxygen atoms in total. The number of carbonyl (C=O) groups excluding carboxylic acids is 1. The molecule has 0 aliphatic heterocycles. The Labute approximate surface area is 152 Å². The van der Waals surface area contributed by atoms with E-state index in [1.807, 2.05) is 25.1 Å². The number of hydrogen-bond donors (Lipinski definition) is 2. The van der Waals surface area contributed by atoms with Crippen LogP contribution in [-0.4, -0.2) is 16.0 Å². The summed E-state index contributed by atoms with van der Waals surface area (Å²) in [6, 6.07) is 5.77. The van der Waals surface area contributed by atoms with Gasteiger partial charge in [-0.3, -0.25) is 4.79 Å². The molecule has 4 saturated carbocycles. The SMILES string of the molecule is Cc1cccc2c(N=NC(=O)CC34CC5CC(CC(C5)C3)C4)c(O)[nH]c12. The van der Waals surface area contributed by atoms with E-state index in [4.69, 9.17) is 0 Å². The Balaban J connectivity index is 1.36. The van der Waals surface area contributed by atoms with Gasteiger partial charge in [0.15, 0.2) is 5.69 Å². The summed E-state index contributed by atoms with van der Waals surface area (Å²) < 4.78 is 0. The number of para-hydroxylation sites is 1. The summed E-state index contributed by atoms with van der Waals surface area (Å²) in [7, 11) is 0. The fourth-order valence-electron chi connectivity index (χ4n) is 6.41. The lowest BCUT2D eigenvalue weighted by molar-refractivity contribution is -0.126. The van der Waals surface area contributed by atoms with Crippen molar-refractivity contribution >= 4 is 22.5 Å². The number of aryl methyl sites for hydroxylation is 1. The zero-order chi connectivity index (χ0) is 17.9. The topological polar surface area (TPSA) is 77.8 Å². The van der Waals surface area contributed by atoms with Crippen molar-refractivity contribution in [2.75, 3.05) is 0 Å². The van der Waals surface area contributed by atoms with Gasteiger partial charge < -0.3 is 10.1 Å². The molecule has 4 aliphatic carbocycles. The summed E-state index contributed by atoms with van der Waals surface area (Å²) in [5.41, 5.74) is 2.40. The number of rotatable bonds is 3. The second-order valence-electron chi connectivity index (χ2n) is 9.01. The first-order chi connectivity index (χ1) is 12.5. The Morgan fingerprint density at radius 2 is 1.85 bits per heavy atom. The molecule has 6 rings (SSSR count). The molecule has 1 heterocycles. The third-order valence-electron chi connectivity index (χ3n) is 6.95. The summed E-state index contributed by atoms with van der Waals surface area (Å²) in [5.74, 6) is 2.30. The molecule has 136 valence electrons. The minimum atomic E-state index is -0.145. The first kappa shape index (κ1) is 16.0. The monoisotopic (exact) mass is 351 g/mol. The second-order valence-corrected chi connectivity index (χ2v) is 9.01. The molecule has 1 aromatic heterocycles. The number of amides is 1. The molecular formula is C21H25N3O2. The van der Waals surface area contributed by atoms with E-state index in [0.717, 1.165) is 34.2 Å². The third-order valence-corrected chi connectivity index (χ3v) is 6.95. The number of hydrogen-bond acceptors (Lipinski definition) is 3.